The van der Waals surface area contributed by atoms with Crippen molar-refractivity contribution in [2.24, 2.45) is 5.41 Å². The van der Waals surface area contributed by atoms with Crippen LogP contribution < -0.4 is 0 Å². The quantitative estimate of drug-likeness (QED) is 0.704. The average molecular weight is 228 g/mol. The monoisotopic (exact) mass is 228 g/mol. The molecule has 1 saturated heterocycles. The lowest BCUT2D eigenvalue weighted by atomic mass is 9.92. The lowest BCUT2D eigenvalue weighted by Gasteiger charge is -2.26. The number of carboxylic acid groups (broad SMARTS) is 1. The molecule has 5 heteroatoms. The zero-order valence-electron chi connectivity index (χ0n) is 10.4. The molecule has 0 aromatic heterocycles. The number of hydrogen-bond acceptors (Lipinski definition) is 3. The van der Waals surface area contributed by atoms with Crippen molar-refractivity contribution in [2.75, 3.05) is 27.2 Å². The van der Waals surface area contributed by atoms with Crippen molar-refractivity contribution in [1.82, 2.24) is 9.80 Å². The van der Waals surface area contributed by atoms with Gasteiger partial charge in [0.05, 0.1) is 0 Å². The Morgan fingerprint density at radius 1 is 1.38 bits per heavy atom. The van der Waals surface area contributed by atoms with Crippen molar-refractivity contribution in [2.45, 2.75) is 26.3 Å². The Morgan fingerprint density at radius 3 is 2.31 bits per heavy atom. The maximum Gasteiger partial charge on any atom is 0.318 e. The van der Waals surface area contributed by atoms with Gasteiger partial charge < -0.3 is 14.9 Å². The zero-order chi connectivity index (χ0) is 12.5. The van der Waals surface area contributed by atoms with E-state index in [-0.39, 0.29) is 5.91 Å². The normalized spacial score (nSPS) is 21.6. The molecule has 1 unspecified atom stereocenters. The summed E-state index contributed by atoms with van der Waals surface area (Å²) in [6, 6.07) is 0.341. The Labute approximate surface area is 96.0 Å². The first-order valence-electron chi connectivity index (χ1n) is 5.46. The largest absolute Gasteiger partial charge is 0.480 e. The van der Waals surface area contributed by atoms with Crippen LogP contribution in [0, 0.1) is 5.41 Å². The zero-order valence-corrected chi connectivity index (χ0v) is 10.4. The van der Waals surface area contributed by atoms with Gasteiger partial charge in [-0.15, -0.1) is 0 Å². The molecule has 1 aliphatic heterocycles. The number of aliphatic carboxylic acids is 1. The molecular formula is C11H20N2O3. The summed E-state index contributed by atoms with van der Waals surface area (Å²) < 4.78 is 0. The Balaban J connectivity index is 2.68. The average Bonchev–Trinajstić information content (AvgIpc) is 2.64. The van der Waals surface area contributed by atoms with Gasteiger partial charge in [-0.25, -0.2) is 0 Å². The molecular weight excluding hydrogens is 208 g/mol. The Hall–Kier alpha value is -1.10. The third-order valence-corrected chi connectivity index (χ3v) is 3.25. The highest BCUT2D eigenvalue weighted by Gasteiger charge is 2.41. The number of rotatable bonds is 3. The molecule has 1 aliphatic rings. The predicted octanol–water partition coefficient (Wildman–Crippen LogP) is 0.260. The number of likely N-dealkylation sites (N-methyl/N-ethyl adjacent to an activating group) is 1. The molecule has 0 aromatic carbocycles. The fourth-order valence-corrected chi connectivity index (χ4v) is 1.83. The first-order valence-corrected chi connectivity index (χ1v) is 5.46. The third kappa shape index (κ3) is 2.35. The molecule has 0 spiro atoms. The minimum absolute atomic E-state index is 0.288. The van der Waals surface area contributed by atoms with Crippen molar-refractivity contribution >= 4 is 11.9 Å². The molecule has 0 saturated carbocycles. The summed E-state index contributed by atoms with van der Waals surface area (Å²) >= 11 is 0. The summed E-state index contributed by atoms with van der Waals surface area (Å²) in [5.74, 6) is -1.35. The molecule has 5 nitrogen and oxygen atoms in total. The summed E-state index contributed by atoms with van der Waals surface area (Å²) in [5.41, 5.74) is -1.32. The molecule has 1 amide bonds. The Morgan fingerprint density at radius 2 is 1.94 bits per heavy atom. The van der Waals surface area contributed by atoms with Gasteiger partial charge in [-0.3, -0.25) is 9.59 Å². The molecule has 1 rings (SSSR count). The van der Waals surface area contributed by atoms with Crippen LogP contribution in [0.5, 0.6) is 0 Å². The molecule has 0 radical (unpaired) electrons. The van der Waals surface area contributed by atoms with Gasteiger partial charge in [0.1, 0.15) is 5.41 Å². The van der Waals surface area contributed by atoms with Gasteiger partial charge in [0.25, 0.3) is 0 Å². The molecule has 1 N–H and O–H groups in total. The molecule has 1 fully saturated rings. The minimum Gasteiger partial charge on any atom is -0.480 e. The fourth-order valence-electron chi connectivity index (χ4n) is 1.83. The predicted molar refractivity (Wildman–Crippen MR) is 60.1 cm³/mol. The summed E-state index contributed by atoms with van der Waals surface area (Å²) in [5, 5.41) is 8.99. The van der Waals surface area contributed by atoms with Gasteiger partial charge in [-0.2, -0.15) is 0 Å². The fraction of sp³-hybridized carbons (Fsp3) is 0.818. The van der Waals surface area contributed by atoms with Crippen LogP contribution in [-0.2, 0) is 9.59 Å². The van der Waals surface area contributed by atoms with E-state index in [9.17, 15) is 9.59 Å². The second kappa shape index (κ2) is 4.41. The van der Waals surface area contributed by atoms with E-state index in [1.165, 1.54) is 13.8 Å². The van der Waals surface area contributed by atoms with Gasteiger partial charge >= 0.3 is 5.97 Å². The number of hydrogen-bond donors (Lipinski definition) is 1. The van der Waals surface area contributed by atoms with E-state index in [1.54, 1.807) is 4.90 Å². The second-order valence-electron chi connectivity index (χ2n) is 5.09. The maximum atomic E-state index is 12.0. The van der Waals surface area contributed by atoms with Crippen LogP contribution in [0.3, 0.4) is 0 Å². The van der Waals surface area contributed by atoms with E-state index in [1.807, 2.05) is 14.1 Å². The van der Waals surface area contributed by atoms with Gasteiger partial charge in [0.2, 0.25) is 5.91 Å². The van der Waals surface area contributed by atoms with Crippen LogP contribution in [-0.4, -0.2) is 60.0 Å². The lowest BCUT2D eigenvalue weighted by Crippen LogP contribution is -2.45. The van der Waals surface area contributed by atoms with Crippen LogP contribution in [0.15, 0.2) is 0 Å². The van der Waals surface area contributed by atoms with Crippen LogP contribution >= 0.6 is 0 Å². The van der Waals surface area contributed by atoms with E-state index in [0.717, 1.165) is 6.42 Å². The van der Waals surface area contributed by atoms with E-state index in [0.29, 0.717) is 19.1 Å². The molecule has 1 atom stereocenters. The highest BCUT2D eigenvalue weighted by molar-refractivity contribution is 6.01. The number of carbonyl (C=O) groups is 2. The van der Waals surface area contributed by atoms with Crippen molar-refractivity contribution in [3.05, 3.63) is 0 Å². The topological polar surface area (TPSA) is 60.9 Å². The van der Waals surface area contributed by atoms with Crippen molar-refractivity contribution < 1.29 is 14.7 Å². The van der Waals surface area contributed by atoms with Crippen LogP contribution in [0.1, 0.15) is 20.3 Å². The van der Waals surface area contributed by atoms with Crippen LogP contribution in [0.25, 0.3) is 0 Å². The lowest BCUT2D eigenvalue weighted by molar-refractivity contribution is -0.157. The number of likely N-dealkylation sites (tertiary alicyclic amines) is 1. The number of nitrogens with zero attached hydrogens (tertiary/aromatic N) is 2. The minimum atomic E-state index is -1.32. The van der Waals surface area contributed by atoms with Crippen LogP contribution in [0.4, 0.5) is 0 Å². The van der Waals surface area contributed by atoms with Crippen LogP contribution in [0.2, 0.25) is 0 Å². The van der Waals surface area contributed by atoms with E-state index >= 15 is 0 Å². The molecule has 1 heterocycles. The smallest absolute Gasteiger partial charge is 0.318 e. The first-order chi connectivity index (χ1) is 7.26. The maximum absolute atomic E-state index is 12.0. The third-order valence-electron chi connectivity index (χ3n) is 3.25. The van der Waals surface area contributed by atoms with Crippen molar-refractivity contribution in [1.29, 1.82) is 0 Å². The molecule has 0 bridgehead atoms. The summed E-state index contributed by atoms with van der Waals surface area (Å²) in [6.45, 7) is 4.20. The molecule has 16 heavy (non-hydrogen) atoms. The summed E-state index contributed by atoms with van der Waals surface area (Å²) in [6.07, 6.45) is 0.911. The Bertz CT molecular complexity index is 300. The van der Waals surface area contributed by atoms with Crippen molar-refractivity contribution in [3.63, 3.8) is 0 Å². The summed E-state index contributed by atoms with van der Waals surface area (Å²) in [7, 11) is 3.95. The van der Waals surface area contributed by atoms with Gasteiger partial charge in [-0.05, 0) is 34.4 Å². The number of carbonyl (C=O) groups excluding carboxylic acids is 1. The second-order valence-corrected chi connectivity index (χ2v) is 5.09. The molecule has 0 aromatic rings. The SMILES string of the molecule is CN(C)C1CCN(C(=O)C(C)(C)C(=O)O)C1. The van der Waals surface area contributed by atoms with Gasteiger partial charge in [-0.1, -0.05) is 0 Å². The number of carboxylic acids is 1. The van der Waals surface area contributed by atoms with E-state index < -0.39 is 11.4 Å². The molecule has 92 valence electrons. The highest BCUT2D eigenvalue weighted by Crippen LogP contribution is 2.23. The van der Waals surface area contributed by atoms with Gasteiger partial charge in [0, 0.05) is 19.1 Å². The van der Waals surface area contributed by atoms with E-state index in [2.05, 4.69) is 4.90 Å². The first kappa shape index (κ1) is 13.0. The van der Waals surface area contributed by atoms with Gasteiger partial charge in [0.15, 0.2) is 0 Å². The van der Waals surface area contributed by atoms with E-state index in [4.69, 9.17) is 5.11 Å². The van der Waals surface area contributed by atoms with Crippen molar-refractivity contribution in [3.8, 4) is 0 Å². The highest BCUT2D eigenvalue weighted by atomic mass is 16.4. The molecule has 0 aliphatic carbocycles. The number of amides is 1. The summed E-state index contributed by atoms with van der Waals surface area (Å²) in [4.78, 5) is 26.7. The Kier molecular flexibility index (Phi) is 3.57. The standard InChI is InChI=1S/C11H20N2O3/c1-11(2,10(15)16)9(14)13-6-5-8(7-13)12(3)4/h8H,5-7H2,1-4H3,(H,15,16).